The van der Waals surface area contributed by atoms with Gasteiger partial charge < -0.3 is 12.2 Å². The van der Waals surface area contributed by atoms with Crippen LogP contribution >= 0.6 is 0 Å². The minimum absolute atomic E-state index is 0. The Morgan fingerprint density at radius 3 is 2.30 bits per heavy atom. The standard InChI is InChI=1S/C17H24N4.2Y/c1-5-20(6-2)14-16(15-21(7-3)8-4)13-19-17-11-9-10-12-18-17;;/h5,9-12,14-15H,1-4,6-8,13H2,(H,18,19);;/q-2;;/b16-14+,20-5?;;. The molecule has 1 N–H and O–H groups in total. The van der Waals surface area contributed by atoms with Gasteiger partial charge in [-0.1, -0.05) is 6.07 Å². The van der Waals surface area contributed by atoms with Gasteiger partial charge in [-0.05, 0) is 12.1 Å². The van der Waals surface area contributed by atoms with Crippen molar-refractivity contribution in [2.45, 2.75) is 0 Å². The van der Waals surface area contributed by atoms with E-state index in [0.29, 0.717) is 26.2 Å². The maximum Gasteiger partial charge on any atom is 0.175 e. The van der Waals surface area contributed by atoms with Gasteiger partial charge in [-0.15, -0.1) is 0 Å². The molecule has 0 aromatic carbocycles. The fourth-order valence-corrected chi connectivity index (χ4v) is 1.68. The Bertz CT molecular complexity index is 505. The van der Waals surface area contributed by atoms with E-state index in [1.165, 1.54) is 0 Å². The molecule has 0 bridgehead atoms. The second kappa shape index (κ2) is 15.6. The molecule has 0 aliphatic rings. The maximum absolute atomic E-state index is 4.25. The van der Waals surface area contributed by atoms with E-state index in [1.54, 1.807) is 12.4 Å². The van der Waals surface area contributed by atoms with Crippen LogP contribution in [0.4, 0.5) is 5.82 Å². The molecule has 0 saturated carbocycles. The molecular formula is C17H24N4Y2-2. The zero-order chi connectivity index (χ0) is 15.5. The van der Waals surface area contributed by atoms with E-state index in [9.17, 15) is 0 Å². The minimum Gasteiger partial charge on any atom is -0.366 e. The Hall–Kier alpha value is 0.108. The summed E-state index contributed by atoms with van der Waals surface area (Å²) in [7, 11) is 0. The Labute approximate surface area is 191 Å². The summed E-state index contributed by atoms with van der Waals surface area (Å²) in [6.45, 7) is 18.1. The van der Waals surface area contributed by atoms with Gasteiger partial charge >= 0.3 is 0 Å². The molecule has 1 aromatic heterocycles. The molecule has 23 heavy (non-hydrogen) atoms. The molecule has 1 aromatic rings. The number of anilines is 1. The van der Waals surface area contributed by atoms with Crippen molar-refractivity contribution >= 4 is 18.2 Å². The van der Waals surface area contributed by atoms with Crippen LogP contribution in [-0.4, -0.2) is 52.7 Å². The number of hydrogen-bond acceptors (Lipinski definition) is 2. The number of aromatic nitrogens is 1. The van der Waals surface area contributed by atoms with Crippen molar-refractivity contribution < 1.29 is 74.6 Å². The number of nitrogens with one attached hydrogen (secondary N) is 1. The molecule has 0 aliphatic carbocycles. The minimum atomic E-state index is 0. The van der Waals surface area contributed by atoms with E-state index in [0.717, 1.165) is 11.4 Å². The first kappa shape index (κ1) is 25.3. The van der Waals surface area contributed by atoms with Crippen molar-refractivity contribution in [2.24, 2.45) is 0 Å². The van der Waals surface area contributed by atoms with Gasteiger partial charge in [0, 0.05) is 97.5 Å². The normalized spacial score (nSPS) is 11.1. The van der Waals surface area contributed by atoms with Gasteiger partial charge in [-0.3, -0.25) is 29.9 Å². The SMILES string of the molecule is [CH2-]C=[N+](/C=C(/C=[N+](C[CH2-])C[CH2-])CNc1ccccn1)C[CH2-].[Y].[Y]. The van der Waals surface area contributed by atoms with Gasteiger partial charge in [0.05, 0.1) is 12.1 Å². The van der Waals surface area contributed by atoms with E-state index >= 15 is 0 Å². The van der Waals surface area contributed by atoms with Crippen molar-refractivity contribution in [3.05, 3.63) is 63.9 Å². The number of nitrogens with zero attached hydrogens (tertiary/aromatic N) is 3. The Balaban J connectivity index is 0. The largest absolute Gasteiger partial charge is 0.366 e. The predicted molar refractivity (Wildman–Crippen MR) is 89.5 cm³/mol. The number of rotatable bonds is 8. The van der Waals surface area contributed by atoms with E-state index in [2.05, 4.69) is 38.0 Å². The van der Waals surface area contributed by atoms with Crippen LogP contribution < -0.4 is 5.32 Å². The summed E-state index contributed by atoms with van der Waals surface area (Å²) in [6, 6.07) is 5.78. The zero-order valence-electron chi connectivity index (χ0n) is 13.7. The van der Waals surface area contributed by atoms with Crippen molar-refractivity contribution in [1.29, 1.82) is 0 Å². The molecule has 1 rings (SSSR count). The fourth-order valence-electron chi connectivity index (χ4n) is 1.68. The molecule has 6 heteroatoms. The number of pyridine rings is 1. The molecule has 0 atom stereocenters. The molecule has 0 amide bonds. The van der Waals surface area contributed by atoms with Crippen LogP contribution in [0.2, 0.25) is 0 Å². The van der Waals surface area contributed by atoms with E-state index in [4.69, 9.17) is 0 Å². The summed E-state index contributed by atoms with van der Waals surface area (Å²) >= 11 is 0. The molecule has 0 aliphatic heterocycles. The summed E-state index contributed by atoms with van der Waals surface area (Å²) in [5, 5.41) is 3.29. The first-order chi connectivity index (χ1) is 10.2. The van der Waals surface area contributed by atoms with Gasteiger partial charge in [0.25, 0.3) is 0 Å². The molecule has 120 valence electrons. The molecule has 0 saturated heterocycles. The van der Waals surface area contributed by atoms with E-state index < -0.39 is 0 Å². The average Bonchev–Trinajstić information content (AvgIpc) is 2.55. The third kappa shape index (κ3) is 10.6. The van der Waals surface area contributed by atoms with Crippen molar-refractivity contribution in [2.75, 3.05) is 31.5 Å². The predicted octanol–water partition coefficient (Wildman–Crippen LogP) is 1.88. The first-order valence-corrected chi connectivity index (χ1v) is 6.94. The first-order valence-electron chi connectivity index (χ1n) is 6.94. The van der Waals surface area contributed by atoms with Crippen molar-refractivity contribution in [3.8, 4) is 0 Å². The molecule has 1 heterocycles. The Morgan fingerprint density at radius 2 is 1.83 bits per heavy atom. The van der Waals surface area contributed by atoms with Gasteiger partial charge in [0.15, 0.2) is 12.4 Å². The molecule has 2 radical (unpaired) electrons. The third-order valence-corrected chi connectivity index (χ3v) is 2.89. The van der Waals surface area contributed by atoms with Crippen LogP contribution in [0.15, 0.2) is 36.2 Å². The smallest absolute Gasteiger partial charge is 0.175 e. The molecule has 0 spiro atoms. The molecule has 0 unspecified atom stereocenters. The maximum atomic E-state index is 4.25. The van der Waals surface area contributed by atoms with Crippen LogP contribution in [0.5, 0.6) is 0 Å². The average molecular weight is 462 g/mol. The Morgan fingerprint density at radius 1 is 1.13 bits per heavy atom. The fraction of sp³-hybridized carbons (Fsp3) is 0.235. The van der Waals surface area contributed by atoms with Crippen LogP contribution in [0.25, 0.3) is 0 Å². The van der Waals surface area contributed by atoms with Crippen LogP contribution in [0.1, 0.15) is 0 Å². The van der Waals surface area contributed by atoms with Crippen LogP contribution in [0, 0.1) is 27.7 Å². The van der Waals surface area contributed by atoms with E-state index in [-0.39, 0.29) is 65.4 Å². The summed E-state index contributed by atoms with van der Waals surface area (Å²) in [4.78, 5) is 4.25. The van der Waals surface area contributed by atoms with E-state index in [1.807, 2.05) is 39.8 Å². The van der Waals surface area contributed by atoms with Crippen LogP contribution in [-0.2, 0) is 65.4 Å². The third-order valence-electron chi connectivity index (χ3n) is 2.89. The Kier molecular flexibility index (Phi) is 17.2. The molecular weight excluding hydrogens is 438 g/mol. The summed E-state index contributed by atoms with van der Waals surface area (Å²) in [5.41, 5.74) is 1.08. The second-order valence-electron chi connectivity index (χ2n) is 4.36. The van der Waals surface area contributed by atoms with Crippen LogP contribution in [0.3, 0.4) is 0 Å². The topological polar surface area (TPSA) is 30.9 Å². The summed E-state index contributed by atoms with van der Waals surface area (Å²) in [6.07, 6.45) is 7.57. The van der Waals surface area contributed by atoms with Gasteiger partial charge in [0.2, 0.25) is 0 Å². The quantitative estimate of drug-likeness (QED) is 0.364. The second-order valence-corrected chi connectivity index (χ2v) is 4.36. The van der Waals surface area contributed by atoms with Gasteiger partial charge in [0.1, 0.15) is 5.82 Å². The van der Waals surface area contributed by atoms with Crippen molar-refractivity contribution in [3.63, 3.8) is 0 Å². The zero-order valence-corrected chi connectivity index (χ0v) is 19.4. The van der Waals surface area contributed by atoms with Crippen molar-refractivity contribution in [1.82, 2.24) is 4.98 Å². The van der Waals surface area contributed by atoms with Gasteiger partial charge in [-0.25, -0.2) is 4.98 Å². The number of hydrogen-bond donors (Lipinski definition) is 1. The van der Waals surface area contributed by atoms with Gasteiger partial charge in [-0.2, -0.15) is 0 Å². The monoisotopic (exact) mass is 462 g/mol. The summed E-state index contributed by atoms with van der Waals surface area (Å²) in [5.74, 6) is 0.840. The molecule has 4 nitrogen and oxygen atoms in total. The molecule has 0 fully saturated rings. The summed E-state index contributed by atoms with van der Waals surface area (Å²) < 4.78 is 3.96.